The highest BCUT2D eigenvalue weighted by atomic mass is 32.2. The van der Waals surface area contributed by atoms with E-state index in [1.807, 2.05) is 12.1 Å². The van der Waals surface area contributed by atoms with Crippen LogP contribution in [0.3, 0.4) is 0 Å². The fourth-order valence-corrected chi connectivity index (χ4v) is 3.56. The van der Waals surface area contributed by atoms with Crippen molar-refractivity contribution in [1.29, 1.82) is 0 Å². The maximum Gasteiger partial charge on any atom is 0.310 e. The average Bonchev–Trinajstić information content (AvgIpc) is 2.60. The molecule has 0 N–H and O–H groups in total. The maximum atomic E-state index is 12.4. The quantitative estimate of drug-likeness (QED) is 0.449. The molecule has 6 heteroatoms. The van der Waals surface area contributed by atoms with E-state index in [2.05, 4.69) is 0 Å². The summed E-state index contributed by atoms with van der Waals surface area (Å²) >= 11 is 1.41. The Balaban J connectivity index is 1.89. The molecule has 0 aliphatic carbocycles. The summed E-state index contributed by atoms with van der Waals surface area (Å²) in [5.41, 5.74) is 0.646. The fraction of sp³-hybridized carbons (Fsp3) is 0.500. The SMILES string of the molecule is CCOC(=O)[C@H]1CCCN(C(=O)CSc2cccc(C(C)=O)c2)C1. The van der Waals surface area contributed by atoms with Crippen LogP contribution in [0.4, 0.5) is 0 Å². The van der Waals surface area contributed by atoms with Gasteiger partial charge < -0.3 is 9.64 Å². The number of ether oxygens (including phenoxy) is 1. The first kappa shape index (κ1) is 18.5. The molecule has 0 spiro atoms. The number of hydrogen-bond acceptors (Lipinski definition) is 5. The second-order valence-corrected chi connectivity index (χ2v) is 6.85. The summed E-state index contributed by atoms with van der Waals surface area (Å²) in [5.74, 6) is -0.0958. The van der Waals surface area contributed by atoms with Crippen molar-refractivity contribution in [2.24, 2.45) is 5.92 Å². The minimum absolute atomic E-state index is 0.0112. The number of likely N-dealkylation sites (tertiary alicyclic amines) is 1. The molecule has 0 saturated carbocycles. The molecule has 0 aromatic heterocycles. The molecular weight excluding hydrogens is 326 g/mol. The van der Waals surface area contributed by atoms with Crippen molar-refractivity contribution in [2.75, 3.05) is 25.4 Å². The third-order valence-corrected chi connectivity index (χ3v) is 4.98. The molecule has 1 amide bonds. The molecule has 130 valence electrons. The predicted octanol–water partition coefficient (Wildman–Crippen LogP) is 2.78. The predicted molar refractivity (Wildman–Crippen MR) is 93.1 cm³/mol. The zero-order valence-corrected chi connectivity index (χ0v) is 14.9. The highest BCUT2D eigenvalue weighted by molar-refractivity contribution is 8.00. The lowest BCUT2D eigenvalue weighted by atomic mass is 9.98. The van der Waals surface area contributed by atoms with Crippen LogP contribution >= 0.6 is 11.8 Å². The second kappa shape index (κ2) is 8.87. The highest BCUT2D eigenvalue weighted by Crippen LogP contribution is 2.22. The lowest BCUT2D eigenvalue weighted by Gasteiger charge is -2.31. The zero-order chi connectivity index (χ0) is 17.5. The molecule has 0 radical (unpaired) electrons. The summed E-state index contributed by atoms with van der Waals surface area (Å²) in [7, 11) is 0. The van der Waals surface area contributed by atoms with Crippen LogP contribution in [0, 0.1) is 5.92 Å². The van der Waals surface area contributed by atoms with E-state index < -0.39 is 0 Å². The van der Waals surface area contributed by atoms with Gasteiger partial charge in [-0.1, -0.05) is 12.1 Å². The van der Waals surface area contributed by atoms with Crippen molar-refractivity contribution >= 4 is 29.4 Å². The molecule has 0 unspecified atom stereocenters. The molecule has 1 aromatic carbocycles. The third kappa shape index (κ3) is 5.09. The van der Waals surface area contributed by atoms with Crippen LogP contribution < -0.4 is 0 Å². The minimum atomic E-state index is -0.214. The minimum Gasteiger partial charge on any atom is -0.466 e. The number of esters is 1. The molecule has 1 heterocycles. The average molecular weight is 349 g/mol. The number of thioether (sulfide) groups is 1. The monoisotopic (exact) mass is 349 g/mol. The van der Waals surface area contributed by atoms with E-state index in [0.717, 1.165) is 17.7 Å². The lowest BCUT2D eigenvalue weighted by molar-refractivity contribution is -0.151. The molecule has 1 saturated heterocycles. The number of carbonyl (C=O) groups is 3. The van der Waals surface area contributed by atoms with Gasteiger partial charge in [-0.3, -0.25) is 14.4 Å². The topological polar surface area (TPSA) is 63.7 Å². The van der Waals surface area contributed by atoms with Crippen LogP contribution in [0.2, 0.25) is 0 Å². The van der Waals surface area contributed by atoms with Crippen LogP contribution in [0.5, 0.6) is 0 Å². The molecule has 2 rings (SSSR count). The molecular formula is C18H23NO4S. The first-order valence-corrected chi connectivity index (χ1v) is 9.18. The van der Waals surface area contributed by atoms with E-state index >= 15 is 0 Å². The van der Waals surface area contributed by atoms with Gasteiger partial charge in [-0.05, 0) is 38.8 Å². The van der Waals surface area contributed by atoms with E-state index in [4.69, 9.17) is 4.74 Å². The molecule has 1 aliphatic heterocycles. The van der Waals surface area contributed by atoms with Crippen molar-refractivity contribution in [3.8, 4) is 0 Å². The number of hydrogen-bond donors (Lipinski definition) is 0. The molecule has 1 fully saturated rings. The van der Waals surface area contributed by atoms with Gasteiger partial charge in [0.25, 0.3) is 0 Å². The summed E-state index contributed by atoms with van der Waals surface area (Å²) in [5, 5.41) is 0. The maximum absolute atomic E-state index is 12.4. The van der Waals surface area contributed by atoms with Gasteiger partial charge in [-0.2, -0.15) is 0 Å². The molecule has 24 heavy (non-hydrogen) atoms. The number of Topliss-reactive ketones (excluding diaryl/α,β-unsaturated/α-hetero) is 1. The number of benzene rings is 1. The Morgan fingerprint density at radius 2 is 2.12 bits per heavy atom. The second-order valence-electron chi connectivity index (χ2n) is 5.80. The number of rotatable bonds is 6. The Morgan fingerprint density at radius 3 is 2.83 bits per heavy atom. The van der Waals surface area contributed by atoms with Gasteiger partial charge in [0.2, 0.25) is 5.91 Å². The molecule has 1 atom stereocenters. The van der Waals surface area contributed by atoms with Crippen LogP contribution in [-0.4, -0.2) is 48.0 Å². The lowest BCUT2D eigenvalue weighted by Crippen LogP contribution is -2.43. The first-order chi connectivity index (χ1) is 11.5. The number of ketones is 1. The van der Waals surface area contributed by atoms with Gasteiger partial charge in [0.15, 0.2) is 5.78 Å². The Labute approximate surface area is 146 Å². The zero-order valence-electron chi connectivity index (χ0n) is 14.1. The molecule has 0 bridgehead atoms. The Morgan fingerprint density at radius 1 is 1.33 bits per heavy atom. The van der Waals surface area contributed by atoms with Gasteiger partial charge in [-0.15, -0.1) is 11.8 Å². The van der Waals surface area contributed by atoms with Crippen LogP contribution in [-0.2, 0) is 14.3 Å². The molecule has 5 nitrogen and oxygen atoms in total. The largest absolute Gasteiger partial charge is 0.466 e. The van der Waals surface area contributed by atoms with Crippen molar-refractivity contribution in [1.82, 2.24) is 4.90 Å². The van der Waals surface area contributed by atoms with E-state index in [1.54, 1.807) is 24.0 Å². The van der Waals surface area contributed by atoms with Crippen molar-refractivity contribution in [3.63, 3.8) is 0 Å². The van der Waals surface area contributed by atoms with Gasteiger partial charge in [0, 0.05) is 23.5 Å². The van der Waals surface area contributed by atoms with Crippen molar-refractivity contribution in [3.05, 3.63) is 29.8 Å². The summed E-state index contributed by atoms with van der Waals surface area (Å²) in [6.45, 7) is 4.80. The number of nitrogens with zero attached hydrogens (tertiary/aromatic N) is 1. The van der Waals surface area contributed by atoms with Crippen LogP contribution in [0.1, 0.15) is 37.0 Å². The molecule has 1 aliphatic rings. The summed E-state index contributed by atoms with van der Waals surface area (Å²) in [4.78, 5) is 38.3. The Bertz CT molecular complexity index is 617. The Hall–Kier alpha value is -1.82. The first-order valence-electron chi connectivity index (χ1n) is 8.19. The van der Waals surface area contributed by atoms with E-state index in [1.165, 1.54) is 18.7 Å². The van der Waals surface area contributed by atoms with Gasteiger partial charge in [0.1, 0.15) is 0 Å². The van der Waals surface area contributed by atoms with Gasteiger partial charge in [-0.25, -0.2) is 0 Å². The Kier molecular flexibility index (Phi) is 6.85. The number of amides is 1. The van der Waals surface area contributed by atoms with E-state index in [0.29, 0.717) is 31.0 Å². The summed E-state index contributed by atoms with van der Waals surface area (Å²) in [6.07, 6.45) is 1.59. The number of carbonyl (C=O) groups excluding carboxylic acids is 3. The fourth-order valence-electron chi connectivity index (χ4n) is 2.70. The van der Waals surface area contributed by atoms with E-state index in [9.17, 15) is 14.4 Å². The van der Waals surface area contributed by atoms with Gasteiger partial charge >= 0.3 is 5.97 Å². The van der Waals surface area contributed by atoms with Crippen LogP contribution in [0.25, 0.3) is 0 Å². The standard InChI is InChI=1S/C18H23NO4S/c1-3-23-18(22)15-7-5-9-19(11-15)17(21)12-24-16-8-4-6-14(10-16)13(2)20/h4,6,8,10,15H,3,5,7,9,11-12H2,1-2H3/t15-/m0/s1. The summed E-state index contributed by atoms with van der Waals surface area (Å²) in [6, 6.07) is 7.28. The van der Waals surface area contributed by atoms with E-state index in [-0.39, 0.29) is 23.6 Å². The summed E-state index contributed by atoms with van der Waals surface area (Å²) < 4.78 is 5.06. The normalized spacial score (nSPS) is 17.4. The van der Waals surface area contributed by atoms with Crippen LogP contribution in [0.15, 0.2) is 29.2 Å². The van der Waals surface area contributed by atoms with Crippen molar-refractivity contribution < 1.29 is 19.1 Å². The number of piperidine rings is 1. The van der Waals surface area contributed by atoms with Gasteiger partial charge in [0.05, 0.1) is 18.3 Å². The van der Waals surface area contributed by atoms with Crippen molar-refractivity contribution in [2.45, 2.75) is 31.6 Å². The highest BCUT2D eigenvalue weighted by Gasteiger charge is 2.29. The smallest absolute Gasteiger partial charge is 0.310 e. The molecule has 1 aromatic rings. The third-order valence-electron chi connectivity index (χ3n) is 4.00.